The minimum Gasteiger partial charge on any atom is -0.496 e. The summed E-state index contributed by atoms with van der Waals surface area (Å²) in [6, 6.07) is 26.0. The van der Waals surface area contributed by atoms with E-state index in [9.17, 15) is 0 Å². The van der Waals surface area contributed by atoms with Crippen molar-refractivity contribution in [2.45, 2.75) is 15.7 Å². The zero-order chi connectivity index (χ0) is 19.1. The Morgan fingerprint density at radius 3 is 1.59 bits per heavy atom. The van der Waals surface area contributed by atoms with Crippen molar-refractivity contribution in [3.8, 4) is 11.5 Å². The van der Waals surface area contributed by atoms with E-state index < -0.39 is 9.75 Å². The summed E-state index contributed by atoms with van der Waals surface area (Å²) in [4.78, 5) is 0. The van der Waals surface area contributed by atoms with Crippen molar-refractivity contribution < 1.29 is 9.47 Å². The Labute approximate surface area is 169 Å². The first-order valence-corrected chi connectivity index (χ1v) is 9.54. The van der Waals surface area contributed by atoms with Gasteiger partial charge in [-0.2, -0.15) is 0 Å². The fourth-order valence-corrected chi connectivity index (χ4v) is 5.36. The Hall–Kier alpha value is -2.16. The second-order valence-electron chi connectivity index (χ2n) is 6.68. The van der Waals surface area contributed by atoms with Crippen molar-refractivity contribution in [2.24, 2.45) is 0 Å². The molecule has 3 aromatic carbocycles. The zero-order valence-corrected chi connectivity index (χ0v) is 16.7. The third-order valence-electron chi connectivity index (χ3n) is 5.43. The fourth-order valence-electron chi connectivity index (χ4n) is 4.27. The summed E-state index contributed by atoms with van der Waals surface area (Å²) in [5.74, 6) is 1.38. The smallest absolute Gasteiger partial charge is 0.141 e. The molecule has 1 unspecified atom stereocenters. The van der Waals surface area contributed by atoms with Crippen LogP contribution in [-0.2, 0) is 5.41 Å². The minimum atomic E-state index is -1.04. The van der Waals surface area contributed by atoms with Crippen molar-refractivity contribution in [3.05, 3.63) is 95.6 Å². The van der Waals surface area contributed by atoms with Gasteiger partial charge in [-0.1, -0.05) is 89.9 Å². The quantitative estimate of drug-likeness (QED) is 0.493. The average Bonchev–Trinajstić information content (AvgIpc) is 3.25. The minimum absolute atomic E-state index is 0.137. The van der Waals surface area contributed by atoms with E-state index in [1.165, 1.54) is 0 Å². The third kappa shape index (κ3) is 2.55. The highest BCUT2D eigenvalue weighted by molar-refractivity contribution is 6.53. The predicted octanol–water partition coefficient (Wildman–Crippen LogP) is 5.96. The first-order chi connectivity index (χ1) is 13.1. The molecule has 27 heavy (non-hydrogen) atoms. The zero-order valence-electron chi connectivity index (χ0n) is 15.2. The molecule has 0 heterocycles. The molecular weight excluding hydrogens is 379 g/mol. The molecule has 3 aromatic rings. The van der Waals surface area contributed by atoms with Crippen LogP contribution in [0.3, 0.4) is 0 Å². The molecule has 0 saturated heterocycles. The molecule has 0 spiro atoms. The maximum Gasteiger partial charge on any atom is 0.141 e. The van der Waals surface area contributed by atoms with Gasteiger partial charge in [0.15, 0.2) is 0 Å². The molecule has 0 amide bonds. The van der Waals surface area contributed by atoms with Gasteiger partial charge in [0.25, 0.3) is 0 Å². The van der Waals surface area contributed by atoms with Crippen LogP contribution in [0.2, 0.25) is 0 Å². The number of alkyl halides is 2. The van der Waals surface area contributed by atoms with Gasteiger partial charge in [0, 0.05) is 17.0 Å². The van der Waals surface area contributed by atoms with Crippen LogP contribution in [0.4, 0.5) is 0 Å². The number of para-hydroxylation sites is 2. The molecule has 0 aromatic heterocycles. The molecule has 0 radical (unpaired) electrons. The summed E-state index contributed by atoms with van der Waals surface area (Å²) in [5.41, 5.74) is 2.31. The molecule has 0 bridgehead atoms. The first-order valence-electron chi connectivity index (χ1n) is 8.78. The summed E-state index contributed by atoms with van der Waals surface area (Å²) in [5, 5.41) is 0. The number of methoxy groups -OCH3 is 2. The van der Waals surface area contributed by atoms with E-state index in [0.717, 1.165) is 28.2 Å². The van der Waals surface area contributed by atoms with Crippen LogP contribution >= 0.6 is 23.2 Å². The molecule has 1 atom stereocenters. The van der Waals surface area contributed by atoms with Crippen molar-refractivity contribution in [3.63, 3.8) is 0 Å². The van der Waals surface area contributed by atoms with Gasteiger partial charge >= 0.3 is 0 Å². The molecule has 138 valence electrons. The lowest BCUT2D eigenvalue weighted by Gasteiger charge is -2.24. The summed E-state index contributed by atoms with van der Waals surface area (Å²) >= 11 is 14.1. The topological polar surface area (TPSA) is 18.5 Å². The standard InChI is InChI=1S/C23H20Cl2O2/c1-26-19-14-8-6-12-17(19)22(18-13-7-9-15-20(18)27-2)21(23(22,24)25)16-10-4-3-5-11-16/h3-15,21H,1-2H3. The van der Waals surface area contributed by atoms with Gasteiger partial charge < -0.3 is 9.47 Å². The lowest BCUT2D eigenvalue weighted by Crippen LogP contribution is -2.19. The molecule has 1 aliphatic carbocycles. The van der Waals surface area contributed by atoms with E-state index in [1.807, 2.05) is 66.7 Å². The van der Waals surface area contributed by atoms with Crippen LogP contribution < -0.4 is 9.47 Å². The van der Waals surface area contributed by atoms with Crippen LogP contribution in [0.1, 0.15) is 22.6 Å². The molecule has 4 rings (SSSR count). The monoisotopic (exact) mass is 398 g/mol. The van der Waals surface area contributed by atoms with E-state index >= 15 is 0 Å². The van der Waals surface area contributed by atoms with E-state index in [0.29, 0.717) is 0 Å². The summed E-state index contributed by atoms with van der Waals surface area (Å²) in [7, 11) is 3.33. The Bertz CT molecular complexity index is 906. The highest BCUT2D eigenvalue weighted by Gasteiger charge is 2.79. The molecular formula is C23H20Cl2O2. The second-order valence-corrected chi connectivity index (χ2v) is 8.06. The van der Waals surface area contributed by atoms with Gasteiger partial charge in [-0.25, -0.2) is 0 Å². The normalized spacial score (nSPS) is 19.3. The molecule has 0 N–H and O–H groups in total. The van der Waals surface area contributed by atoms with Crippen molar-refractivity contribution in [2.75, 3.05) is 14.2 Å². The molecule has 1 aliphatic rings. The van der Waals surface area contributed by atoms with Crippen LogP contribution in [0.15, 0.2) is 78.9 Å². The number of halogens is 2. The Balaban J connectivity index is 2.04. The lowest BCUT2D eigenvalue weighted by atomic mass is 9.83. The van der Waals surface area contributed by atoms with Gasteiger partial charge in [0.1, 0.15) is 15.8 Å². The molecule has 4 heteroatoms. The molecule has 0 aliphatic heterocycles. The highest BCUT2D eigenvalue weighted by Crippen LogP contribution is 2.78. The van der Waals surface area contributed by atoms with Crippen LogP contribution in [0.25, 0.3) is 0 Å². The van der Waals surface area contributed by atoms with Gasteiger partial charge in [-0.05, 0) is 17.7 Å². The fraction of sp³-hybridized carbons (Fsp3) is 0.217. The Kier molecular flexibility index (Phi) is 4.57. The summed E-state index contributed by atoms with van der Waals surface area (Å²) < 4.78 is 10.3. The van der Waals surface area contributed by atoms with Gasteiger partial charge in [-0.15, -0.1) is 0 Å². The molecule has 2 nitrogen and oxygen atoms in total. The number of ether oxygens (including phenoxy) is 2. The summed E-state index contributed by atoms with van der Waals surface area (Å²) in [6.45, 7) is 0. The van der Waals surface area contributed by atoms with Gasteiger partial charge in [0.05, 0.1) is 19.6 Å². The molecule has 1 saturated carbocycles. The average molecular weight is 399 g/mol. The highest BCUT2D eigenvalue weighted by atomic mass is 35.5. The van der Waals surface area contributed by atoms with Crippen molar-refractivity contribution in [1.29, 1.82) is 0 Å². The van der Waals surface area contributed by atoms with E-state index in [2.05, 4.69) is 12.1 Å². The predicted molar refractivity (Wildman–Crippen MR) is 110 cm³/mol. The Morgan fingerprint density at radius 1 is 0.667 bits per heavy atom. The number of benzene rings is 3. The van der Waals surface area contributed by atoms with Crippen LogP contribution in [0.5, 0.6) is 11.5 Å². The maximum atomic E-state index is 7.05. The number of rotatable bonds is 5. The number of hydrogen-bond acceptors (Lipinski definition) is 2. The van der Waals surface area contributed by atoms with E-state index in [4.69, 9.17) is 32.7 Å². The largest absolute Gasteiger partial charge is 0.496 e. The lowest BCUT2D eigenvalue weighted by molar-refractivity contribution is 0.397. The van der Waals surface area contributed by atoms with Crippen LogP contribution in [-0.4, -0.2) is 18.6 Å². The third-order valence-corrected chi connectivity index (χ3v) is 6.47. The van der Waals surface area contributed by atoms with E-state index in [1.54, 1.807) is 14.2 Å². The van der Waals surface area contributed by atoms with Gasteiger partial charge in [0.2, 0.25) is 0 Å². The maximum absolute atomic E-state index is 7.05. The van der Waals surface area contributed by atoms with Crippen molar-refractivity contribution >= 4 is 23.2 Å². The van der Waals surface area contributed by atoms with E-state index in [-0.39, 0.29) is 5.92 Å². The molecule has 1 fully saturated rings. The Morgan fingerprint density at radius 2 is 1.11 bits per heavy atom. The second kappa shape index (κ2) is 6.78. The SMILES string of the molecule is COc1ccccc1C1(c2ccccc2OC)C(c2ccccc2)C1(Cl)Cl. The van der Waals surface area contributed by atoms with Gasteiger partial charge in [-0.3, -0.25) is 0 Å². The number of hydrogen-bond donors (Lipinski definition) is 0. The van der Waals surface area contributed by atoms with Crippen molar-refractivity contribution in [1.82, 2.24) is 0 Å². The first kappa shape index (κ1) is 18.2. The summed E-state index contributed by atoms with van der Waals surface area (Å²) in [6.07, 6.45) is 0. The van der Waals surface area contributed by atoms with Crippen LogP contribution in [0, 0.1) is 0 Å².